The molecule has 4 rings (SSSR count). The Balaban J connectivity index is 1.39. The van der Waals surface area contributed by atoms with E-state index < -0.39 is 0 Å². The summed E-state index contributed by atoms with van der Waals surface area (Å²) in [6, 6.07) is 0. The number of amides is 1. The highest BCUT2D eigenvalue weighted by molar-refractivity contribution is 5.92. The largest absolute Gasteiger partial charge is 0.339 e. The number of nitrogens with zero attached hydrogens (tertiary/aromatic N) is 3. The fourth-order valence-electron chi connectivity index (χ4n) is 3.14. The van der Waals surface area contributed by atoms with Crippen molar-refractivity contribution in [3.63, 3.8) is 0 Å². The predicted octanol–water partition coefficient (Wildman–Crippen LogP) is 1.06. The molecule has 23 heavy (non-hydrogen) atoms. The number of hydrogen-bond acceptors (Lipinski definition) is 5. The normalized spacial score (nSPS) is 21.6. The van der Waals surface area contributed by atoms with Crippen LogP contribution in [0.25, 0.3) is 0 Å². The monoisotopic (exact) mass is 317 g/mol. The van der Waals surface area contributed by atoms with Crippen molar-refractivity contribution in [1.29, 1.82) is 0 Å². The average molecular weight is 317 g/mol. The molecular weight excluding hydrogens is 298 g/mol. The second kappa shape index (κ2) is 5.68. The highest BCUT2D eigenvalue weighted by Gasteiger charge is 2.30. The van der Waals surface area contributed by atoms with Crippen LogP contribution < -0.4 is 5.69 Å². The number of carbonyl (C=O) groups is 1. The van der Waals surface area contributed by atoms with Gasteiger partial charge >= 0.3 is 5.69 Å². The van der Waals surface area contributed by atoms with E-state index in [2.05, 4.69) is 20.1 Å². The van der Waals surface area contributed by atoms with Crippen LogP contribution in [0.4, 0.5) is 0 Å². The number of hydrogen-bond donors (Lipinski definition) is 2. The van der Waals surface area contributed by atoms with Crippen molar-refractivity contribution in [2.45, 2.75) is 38.0 Å². The van der Waals surface area contributed by atoms with E-state index in [0.29, 0.717) is 42.9 Å². The highest BCUT2D eigenvalue weighted by atomic mass is 16.5. The maximum atomic E-state index is 12.4. The van der Waals surface area contributed by atoms with Crippen LogP contribution in [0.1, 0.15) is 53.8 Å². The summed E-state index contributed by atoms with van der Waals surface area (Å²) in [4.78, 5) is 34.8. The topological polar surface area (TPSA) is 108 Å². The third-order valence-electron chi connectivity index (χ3n) is 4.52. The van der Waals surface area contributed by atoms with Gasteiger partial charge in [-0.15, -0.1) is 0 Å². The molecule has 1 aliphatic heterocycles. The Morgan fingerprint density at radius 1 is 1.39 bits per heavy atom. The van der Waals surface area contributed by atoms with Crippen molar-refractivity contribution in [3.8, 4) is 0 Å². The lowest BCUT2D eigenvalue weighted by Gasteiger charge is -2.31. The summed E-state index contributed by atoms with van der Waals surface area (Å²) in [5, 5.41) is 4.04. The molecule has 0 aromatic carbocycles. The summed E-state index contributed by atoms with van der Waals surface area (Å²) in [5.41, 5.74) is -0.0511. The number of piperidine rings is 1. The van der Waals surface area contributed by atoms with Crippen LogP contribution in [0.3, 0.4) is 0 Å². The van der Waals surface area contributed by atoms with Crippen molar-refractivity contribution in [1.82, 2.24) is 25.0 Å². The minimum Gasteiger partial charge on any atom is -0.339 e. The lowest BCUT2D eigenvalue weighted by Crippen LogP contribution is -2.40. The second-order valence-electron chi connectivity index (χ2n) is 6.44. The van der Waals surface area contributed by atoms with Gasteiger partial charge in [-0.1, -0.05) is 5.16 Å². The Morgan fingerprint density at radius 2 is 2.26 bits per heavy atom. The molecule has 1 saturated heterocycles. The van der Waals surface area contributed by atoms with E-state index in [1.165, 1.54) is 6.20 Å². The van der Waals surface area contributed by atoms with Gasteiger partial charge in [0.2, 0.25) is 5.89 Å². The highest BCUT2D eigenvalue weighted by Crippen LogP contribution is 2.38. The molecule has 2 aromatic heterocycles. The summed E-state index contributed by atoms with van der Waals surface area (Å²) >= 11 is 0. The molecule has 8 nitrogen and oxygen atoms in total. The number of nitrogens with one attached hydrogen (secondary N) is 2. The third-order valence-corrected chi connectivity index (χ3v) is 4.52. The van der Waals surface area contributed by atoms with Gasteiger partial charge in [-0.05, 0) is 31.6 Å². The molecule has 1 unspecified atom stereocenters. The van der Waals surface area contributed by atoms with Crippen molar-refractivity contribution < 1.29 is 9.32 Å². The Labute approximate surface area is 132 Å². The first-order valence-corrected chi connectivity index (χ1v) is 8.08. The molecule has 1 saturated carbocycles. The number of likely N-dealkylation sites (tertiary alicyclic amines) is 1. The quantitative estimate of drug-likeness (QED) is 0.876. The van der Waals surface area contributed by atoms with Crippen LogP contribution in [0.15, 0.2) is 15.5 Å². The smallest absolute Gasteiger partial charge is 0.323 e. The molecule has 1 atom stereocenters. The van der Waals surface area contributed by atoms with Gasteiger partial charge in [0.1, 0.15) is 5.69 Å². The molecule has 3 heterocycles. The first kappa shape index (κ1) is 14.2. The standard InChI is InChI=1S/C15H19N5O3/c21-14(11-7-16-15(22)17-11)20-5-1-2-9(8-20)6-12-18-13(19-23-12)10-3-4-10/h7,9-10H,1-6,8H2,(H2,16,17,22). The molecule has 2 aromatic rings. The first-order valence-electron chi connectivity index (χ1n) is 8.08. The van der Waals surface area contributed by atoms with E-state index in [0.717, 1.165) is 31.5 Å². The minimum atomic E-state index is -0.361. The minimum absolute atomic E-state index is 0.141. The zero-order valence-electron chi connectivity index (χ0n) is 12.7. The Hall–Kier alpha value is -2.38. The number of aromatic amines is 2. The SMILES string of the molecule is O=C(c1c[nH]c(=O)[nH]1)N1CCCC(Cc2nc(C3CC3)no2)C1. The van der Waals surface area contributed by atoms with Crippen LogP contribution in [0.5, 0.6) is 0 Å². The molecule has 2 N–H and O–H groups in total. The lowest BCUT2D eigenvalue weighted by atomic mass is 9.94. The van der Waals surface area contributed by atoms with Gasteiger partial charge in [-0.3, -0.25) is 4.79 Å². The van der Waals surface area contributed by atoms with Gasteiger partial charge < -0.3 is 19.4 Å². The molecule has 8 heteroatoms. The zero-order chi connectivity index (χ0) is 15.8. The van der Waals surface area contributed by atoms with Crippen LogP contribution >= 0.6 is 0 Å². The Bertz CT molecular complexity index is 757. The molecule has 2 fully saturated rings. The molecule has 0 bridgehead atoms. The fourth-order valence-corrected chi connectivity index (χ4v) is 3.14. The third kappa shape index (κ3) is 3.06. The van der Waals surface area contributed by atoms with Crippen LogP contribution in [-0.2, 0) is 6.42 Å². The van der Waals surface area contributed by atoms with E-state index in [1.54, 1.807) is 4.90 Å². The van der Waals surface area contributed by atoms with Crippen molar-refractivity contribution in [2.75, 3.05) is 13.1 Å². The van der Waals surface area contributed by atoms with Crippen molar-refractivity contribution in [2.24, 2.45) is 5.92 Å². The van der Waals surface area contributed by atoms with Crippen LogP contribution in [0.2, 0.25) is 0 Å². The molecule has 122 valence electrons. The Kier molecular flexibility index (Phi) is 3.51. The number of imidazole rings is 1. The molecule has 1 aliphatic carbocycles. The van der Waals surface area contributed by atoms with Gasteiger partial charge in [0.25, 0.3) is 5.91 Å². The first-order chi connectivity index (χ1) is 11.2. The van der Waals surface area contributed by atoms with Gasteiger partial charge in [0.05, 0.1) is 0 Å². The van der Waals surface area contributed by atoms with Crippen LogP contribution in [-0.4, -0.2) is 44.0 Å². The maximum Gasteiger partial charge on any atom is 0.323 e. The summed E-state index contributed by atoms with van der Waals surface area (Å²) in [5.74, 6) is 2.15. The zero-order valence-corrected chi connectivity index (χ0v) is 12.7. The summed E-state index contributed by atoms with van der Waals surface area (Å²) in [6.45, 7) is 1.35. The van der Waals surface area contributed by atoms with Crippen molar-refractivity contribution in [3.05, 3.63) is 34.1 Å². The maximum absolute atomic E-state index is 12.4. The molecular formula is C15H19N5O3. The van der Waals surface area contributed by atoms with E-state index in [9.17, 15) is 9.59 Å². The Morgan fingerprint density at radius 3 is 3.00 bits per heavy atom. The fraction of sp³-hybridized carbons (Fsp3) is 0.600. The summed E-state index contributed by atoms with van der Waals surface area (Å²) < 4.78 is 5.34. The van der Waals surface area contributed by atoms with E-state index in [-0.39, 0.29) is 11.6 Å². The van der Waals surface area contributed by atoms with Gasteiger partial charge in [0.15, 0.2) is 5.82 Å². The number of aromatic nitrogens is 4. The lowest BCUT2D eigenvalue weighted by molar-refractivity contribution is 0.0662. The van der Waals surface area contributed by atoms with E-state index in [1.807, 2.05) is 0 Å². The number of rotatable bonds is 4. The summed E-state index contributed by atoms with van der Waals surface area (Å²) in [6.07, 6.45) is 6.41. The van der Waals surface area contributed by atoms with Gasteiger partial charge in [-0.2, -0.15) is 4.98 Å². The number of H-pyrrole nitrogens is 2. The summed E-state index contributed by atoms with van der Waals surface area (Å²) in [7, 11) is 0. The van der Waals surface area contributed by atoms with E-state index in [4.69, 9.17) is 4.52 Å². The van der Waals surface area contributed by atoms with E-state index >= 15 is 0 Å². The molecule has 1 amide bonds. The number of carbonyl (C=O) groups excluding carboxylic acids is 1. The molecule has 0 radical (unpaired) electrons. The second-order valence-corrected chi connectivity index (χ2v) is 6.44. The average Bonchev–Trinajstić information content (AvgIpc) is 3.16. The predicted molar refractivity (Wildman–Crippen MR) is 80.0 cm³/mol. The van der Waals surface area contributed by atoms with Crippen molar-refractivity contribution >= 4 is 5.91 Å². The van der Waals surface area contributed by atoms with Gasteiger partial charge in [-0.25, -0.2) is 4.79 Å². The molecule has 2 aliphatic rings. The molecule has 0 spiro atoms. The van der Waals surface area contributed by atoms with Crippen LogP contribution in [0, 0.1) is 5.92 Å². The van der Waals surface area contributed by atoms with Gasteiger partial charge in [0, 0.05) is 31.6 Å².